The van der Waals surface area contributed by atoms with Crippen LogP contribution < -0.4 is 11.1 Å². The van der Waals surface area contributed by atoms with E-state index >= 15 is 0 Å². The van der Waals surface area contributed by atoms with E-state index in [2.05, 4.69) is 5.32 Å². The van der Waals surface area contributed by atoms with Gasteiger partial charge in [0.2, 0.25) is 5.91 Å². The van der Waals surface area contributed by atoms with Crippen LogP contribution in [-0.4, -0.2) is 18.0 Å². The van der Waals surface area contributed by atoms with E-state index in [4.69, 9.17) is 17.3 Å². The molecule has 0 radical (unpaired) electrons. The Hall–Kier alpha value is -1.06. The van der Waals surface area contributed by atoms with Crippen LogP contribution in [0, 0.1) is 0 Å². The topological polar surface area (TPSA) is 55.1 Å². The number of nitrogens with two attached hydrogens (primary N) is 1. The van der Waals surface area contributed by atoms with Crippen LogP contribution in [0.4, 0.5) is 0 Å². The zero-order valence-electron chi connectivity index (χ0n) is 10.4. The lowest BCUT2D eigenvalue weighted by molar-refractivity contribution is -0.125. The van der Waals surface area contributed by atoms with E-state index < -0.39 is 5.54 Å². The molecule has 1 fully saturated rings. The van der Waals surface area contributed by atoms with E-state index in [9.17, 15) is 4.79 Å². The van der Waals surface area contributed by atoms with Gasteiger partial charge >= 0.3 is 0 Å². The number of carbonyl (C=O) groups excluding carboxylic acids is 1. The van der Waals surface area contributed by atoms with Gasteiger partial charge in [0.15, 0.2) is 0 Å². The summed E-state index contributed by atoms with van der Waals surface area (Å²) >= 11 is 6.13. The highest BCUT2D eigenvalue weighted by Gasteiger charge is 2.37. The fourth-order valence-electron chi connectivity index (χ4n) is 2.56. The highest BCUT2D eigenvalue weighted by atomic mass is 35.5. The Kier molecular flexibility index (Phi) is 4.25. The Labute approximate surface area is 113 Å². The van der Waals surface area contributed by atoms with Crippen LogP contribution in [0.2, 0.25) is 5.02 Å². The van der Waals surface area contributed by atoms with Crippen LogP contribution in [0.5, 0.6) is 0 Å². The SMILES string of the molecule is NC(=O)C1(CCc2ccccc2Cl)CCCCN1. The lowest BCUT2D eigenvalue weighted by Crippen LogP contribution is -2.57. The second kappa shape index (κ2) is 5.72. The number of rotatable bonds is 4. The summed E-state index contributed by atoms with van der Waals surface area (Å²) in [5.41, 5.74) is 6.10. The Balaban J connectivity index is 2.06. The van der Waals surface area contributed by atoms with E-state index in [1.54, 1.807) is 0 Å². The van der Waals surface area contributed by atoms with Crippen molar-refractivity contribution >= 4 is 17.5 Å². The monoisotopic (exact) mass is 266 g/mol. The van der Waals surface area contributed by atoms with Gasteiger partial charge in [-0.2, -0.15) is 0 Å². The first-order chi connectivity index (χ1) is 8.64. The van der Waals surface area contributed by atoms with Crippen LogP contribution in [-0.2, 0) is 11.2 Å². The molecule has 1 aromatic rings. The molecule has 0 aliphatic carbocycles. The summed E-state index contributed by atoms with van der Waals surface area (Å²) in [6.07, 6.45) is 4.48. The minimum Gasteiger partial charge on any atom is -0.368 e. The van der Waals surface area contributed by atoms with Crippen molar-refractivity contribution in [1.82, 2.24) is 5.32 Å². The molecule has 0 bridgehead atoms. The predicted molar refractivity (Wildman–Crippen MR) is 73.6 cm³/mol. The third-order valence-corrected chi connectivity index (χ3v) is 4.11. The third kappa shape index (κ3) is 2.85. The van der Waals surface area contributed by atoms with Gasteiger partial charge in [0, 0.05) is 5.02 Å². The fraction of sp³-hybridized carbons (Fsp3) is 0.500. The molecular weight excluding hydrogens is 248 g/mol. The molecule has 3 nitrogen and oxygen atoms in total. The molecular formula is C14H19ClN2O. The summed E-state index contributed by atoms with van der Waals surface area (Å²) in [6, 6.07) is 7.75. The maximum atomic E-state index is 11.7. The maximum Gasteiger partial charge on any atom is 0.237 e. The number of aryl methyl sites for hydroxylation is 1. The number of carbonyl (C=O) groups is 1. The van der Waals surface area contributed by atoms with Crippen molar-refractivity contribution < 1.29 is 4.79 Å². The number of benzene rings is 1. The third-order valence-electron chi connectivity index (χ3n) is 3.74. The van der Waals surface area contributed by atoms with Gasteiger partial charge < -0.3 is 11.1 Å². The molecule has 1 unspecified atom stereocenters. The van der Waals surface area contributed by atoms with Gasteiger partial charge in [0.25, 0.3) is 0 Å². The minimum atomic E-state index is -0.544. The molecule has 1 saturated heterocycles. The van der Waals surface area contributed by atoms with E-state index in [-0.39, 0.29) is 5.91 Å². The van der Waals surface area contributed by atoms with Crippen molar-refractivity contribution in [1.29, 1.82) is 0 Å². The van der Waals surface area contributed by atoms with Crippen LogP contribution in [0.1, 0.15) is 31.2 Å². The van der Waals surface area contributed by atoms with Gasteiger partial charge in [-0.1, -0.05) is 29.8 Å². The van der Waals surface area contributed by atoms with Gasteiger partial charge in [0.1, 0.15) is 0 Å². The number of hydrogen-bond donors (Lipinski definition) is 2. The molecule has 2 rings (SSSR count). The Morgan fingerprint density at radius 1 is 1.39 bits per heavy atom. The molecule has 1 amide bonds. The summed E-state index contributed by atoms with van der Waals surface area (Å²) in [4.78, 5) is 11.7. The Morgan fingerprint density at radius 3 is 2.78 bits per heavy atom. The van der Waals surface area contributed by atoms with E-state index in [0.717, 1.165) is 42.8 Å². The maximum absolute atomic E-state index is 11.7. The number of primary amides is 1. The highest BCUT2D eigenvalue weighted by molar-refractivity contribution is 6.31. The second-order valence-corrected chi connectivity index (χ2v) is 5.33. The van der Waals surface area contributed by atoms with Crippen molar-refractivity contribution in [2.45, 2.75) is 37.6 Å². The number of nitrogens with one attached hydrogen (secondary N) is 1. The first-order valence-corrected chi connectivity index (χ1v) is 6.80. The molecule has 1 aliphatic rings. The molecule has 18 heavy (non-hydrogen) atoms. The zero-order chi connectivity index (χ0) is 13.0. The molecule has 4 heteroatoms. The van der Waals surface area contributed by atoms with Crippen LogP contribution in [0.25, 0.3) is 0 Å². The lowest BCUT2D eigenvalue weighted by Gasteiger charge is -2.35. The summed E-state index contributed by atoms with van der Waals surface area (Å²) in [5, 5.41) is 4.06. The summed E-state index contributed by atoms with van der Waals surface area (Å²) in [6.45, 7) is 0.867. The second-order valence-electron chi connectivity index (χ2n) is 4.92. The van der Waals surface area contributed by atoms with Crippen LogP contribution >= 0.6 is 11.6 Å². The van der Waals surface area contributed by atoms with Crippen molar-refractivity contribution in [3.63, 3.8) is 0 Å². The quantitative estimate of drug-likeness (QED) is 0.878. The normalized spacial score (nSPS) is 23.8. The van der Waals surface area contributed by atoms with Crippen molar-refractivity contribution in [2.75, 3.05) is 6.54 Å². The number of piperidine rings is 1. The van der Waals surface area contributed by atoms with Crippen molar-refractivity contribution in [3.8, 4) is 0 Å². The van der Waals surface area contributed by atoms with Crippen LogP contribution in [0.3, 0.4) is 0 Å². The molecule has 3 N–H and O–H groups in total. The molecule has 98 valence electrons. The first-order valence-electron chi connectivity index (χ1n) is 6.42. The highest BCUT2D eigenvalue weighted by Crippen LogP contribution is 2.26. The average molecular weight is 267 g/mol. The van der Waals surface area contributed by atoms with Crippen LogP contribution in [0.15, 0.2) is 24.3 Å². The van der Waals surface area contributed by atoms with Gasteiger partial charge in [-0.05, 0) is 50.3 Å². The Bertz CT molecular complexity index is 428. The van der Waals surface area contributed by atoms with Crippen molar-refractivity contribution in [2.24, 2.45) is 5.73 Å². The zero-order valence-corrected chi connectivity index (χ0v) is 11.2. The smallest absolute Gasteiger partial charge is 0.237 e. The molecule has 0 spiro atoms. The number of hydrogen-bond acceptors (Lipinski definition) is 2. The largest absolute Gasteiger partial charge is 0.368 e. The van der Waals surface area contributed by atoms with Gasteiger partial charge in [0.05, 0.1) is 5.54 Å². The number of amides is 1. The predicted octanol–water partition coefficient (Wildman–Crippen LogP) is 2.27. The molecule has 1 heterocycles. The molecule has 1 aromatic carbocycles. The first kappa shape index (κ1) is 13.4. The Morgan fingerprint density at radius 2 is 2.17 bits per heavy atom. The summed E-state index contributed by atoms with van der Waals surface area (Å²) < 4.78 is 0. The molecule has 0 aromatic heterocycles. The van der Waals surface area contributed by atoms with Gasteiger partial charge in [-0.3, -0.25) is 4.79 Å². The standard InChI is InChI=1S/C14H19ClN2O/c15-12-6-2-1-5-11(12)7-9-14(13(16)18)8-3-4-10-17-14/h1-2,5-6,17H,3-4,7-10H2,(H2,16,18). The minimum absolute atomic E-state index is 0.241. The average Bonchev–Trinajstić information content (AvgIpc) is 2.39. The molecule has 1 atom stereocenters. The van der Waals surface area contributed by atoms with Gasteiger partial charge in [-0.25, -0.2) is 0 Å². The lowest BCUT2D eigenvalue weighted by atomic mass is 9.83. The molecule has 1 aliphatic heterocycles. The van der Waals surface area contributed by atoms with Gasteiger partial charge in [-0.15, -0.1) is 0 Å². The van der Waals surface area contributed by atoms with E-state index in [1.807, 2.05) is 24.3 Å². The van der Waals surface area contributed by atoms with Crippen molar-refractivity contribution in [3.05, 3.63) is 34.9 Å². The molecule has 0 saturated carbocycles. The fourth-order valence-corrected chi connectivity index (χ4v) is 2.79. The number of halogens is 1. The van der Waals surface area contributed by atoms with E-state index in [1.165, 1.54) is 0 Å². The summed E-state index contributed by atoms with van der Waals surface area (Å²) in [5.74, 6) is -0.241. The van der Waals surface area contributed by atoms with E-state index in [0.29, 0.717) is 6.42 Å². The summed E-state index contributed by atoms with van der Waals surface area (Å²) in [7, 11) is 0.